The van der Waals surface area contributed by atoms with E-state index < -0.39 is 17.7 Å². The van der Waals surface area contributed by atoms with E-state index in [0.717, 1.165) is 16.7 Å². The lowest BCUT2D eigenvalue weighted by Crippen LogP contribution is -2.34. The van der Waals surface area contributed by atoms with Gasteiger partial charge in [0, 0.05) is 6.07 Å². The summed E-state index contributed by atoms with van der Waals surface area (Å²) in [6, 6.07) is 17.6. The standard InChI is InChI=1S/C24H21N5O5/c1-15-10-18(27-28-20(12-25)23(31)26-24(32)33)11-16(2)22(15)34-19-8-9-21(30)29(14-19)13-17-6-4-3-5-7-17/h3-11,14,27H,13H2,1-2H3,(H,26,31)(H,32,33). The average Bonchev–Trinajstić information content (AvgIpc) is 2.79. The number of aromatic nitrogens is 1. The van der Waals surface area contributed by atoms with Gasteiger partial charge in [-0.1, -0.05) is 30.3 Å². The third-order valence-electron chi connectivity index (χ3n) is 4.67. The van der Waals surface area contributed by atoms with Crippen molar-refractivity contribution in [3.05, 3.63) is 87.8 Å². The molecule has 0 aliphatic carbocycles. The van der Waals surface area contributed by atoms with Crippen molar-refractivity contribution in [1.82, 2.24) is 9.88 Å². The second kappa shape index (κ2) is 10.6. The van der Waals surface area contributed by atoms with Crippen LogP contribution in [0.3, 0.4) is 0 Å². The predicted molar refractivity (Wildman–Crippen MR) is 125 cm³/mol. The summed E-state index contributed by atoms with van der Waals surface area (Å²) in [5.41, 5.74) is 4.69. The normalized spacial score (nSPS) is 10.8. The molecule has 1 heterocycles. The fraction of sp³-hybridized carbons (Fsp3) is 0.125. The number of anilines is 1. The topological polar surface area (TPSA) is 146 Å². The minimum absolute atomic E-state index is 0.151. The van der Waals surface area contributed by atoms with Crippen LogP contribution in [-0.2, 0) is 11.3 Å². The van der Waals surface area contributed by atoms with E-state index in [4.69, 9.17) is 15.1 Å². The Morgan fingerprint density at radius 1 is 1.12 bits per heavy atom. The van der Waals surface area contributed by atoms with Gasteiger partial charge in [0.1, 0.15) is 17.6 Å². The first-order valence-electron chi connectivity index (χ1n) is 10.1. The number of ether oxygens (including phenoxy) is 1. The lowest BCUT2D eigenvalue weighted by atomic mass is 10.1. The first-order chi connectivity index (χ1) is 16.3. The molecule has 0 spiro atoms. The van der Waals surface area contributed by atoms with Gasteiger partial charge in [-0.25, -0.2) is 4.79 Å². The number of imide groups is 1. The molecular formula is C24H21N5O5. The molecule has 3 rings (SSSR count). The van der Waals surface area contributed by atoms with Crippen molar-refractivity contribution in [1.29, 1.82) is 5.26 Å². The van der Waals surface area contributed by atoms with Gasteiger partial charge < -0.3 is 14.4 Å². The zero-order chi connectivity index (χ0) is 24.7. The van der Waals surface area contributed by atoms with Crippen LogP contribution in [0, 0.1) is 25.2 Å². The molecular weight excluding hydrogens is 438 g/mol. The summed E-state index contributed by atoms with van der Waals surface area (Å²) in [6.45, 7) is 4.02. The van der Waals surface area contributed by atoms with E-state index in [0.29, 0.717) is 23.7 Å². The molecule has 0 unspecified atom stereocenters. The summed E-state index contributed by atoms with van der Waals surface area (Å²) in [5.74, 6) is -0.0809. The molecule has 34 heavy (non-hydrogen) atoms. The smallest absolute Gasteiger partial charge is 0.411 e. The minimum atomic E-state index is -1.59. The third-order valence-corrected chi connectivity index (χ3v) is 4.67. The van der Waals surface area contributed by atoms with Crippen LogP contribution in [0.25, 0.3) is 0 Å². The van der Waals surface area contributed by atoms with Crippen molar-refractivity contribution in [3.63, 3.8) is 0 Å². The molecule has 0 aliphatic rings. The van der Waals surface area contributed by atoms with Crippen LogP contribution >= 0.6 is 0 Å². The van der Waals surface area contributed by atoms with Crippen LogP contribution in [0.2, 0.25) is 0 Å². The maximum atomic E-state index is 12.3. The number of amides is 2. The Hall–Kier alpha value is -4.91. The monoisotopic (exact) mass is 459 g/mol. The molecule has 1 aromatic heterocycles. The van der Waals surface area contributed by atoms with E-state index in [9.17, 15) is 14.4 Å². The maximum Gasteiger partial charge on any atom is 0.411 e. The Morgan fingerprint density at radius 2 is 1.79 bits per heavy atom. The fourth-order valence-electron chi connectivity index (χ4n) is 3.17. The zero-order valence-corrected chi connectivity index (χ0v) is 18.4. The molecule has 0 fully saturated rings. The highest BCUT2D eigenvalue weighted by molar-refractivity contribution is 6.46. The first-order valence-corrected chi connectivity index (χ1v) is 10.1. The van der Waals surface area contributed by atoms with Crippen LogP contribution < -0.4 is 21.0 Å². The van der Waals surface area contributed by atoms with Gasteiger partial charge in [0.15, 0.2) is 0 Å². The number of benzene rings is 2. The summed E-state index contributed by atoms with van der Waals surface area (Å²) in [5, 5.41) is 22.8. The molecule has 0 saturated heterocycles. The van der Waals surface area contributed by atoms with E-state index >= 15 is 0 Å². The number of nitrogens with zero attached hydrogens (tertiary/aromatic N) is 3. The van der Waals surface area contributed by atoms with Gasteiger partial charge in [0.2, 0.25) is 5.71 Å². The van der Waals surface area contributed by atoms with Gasteiger partial charge in [-0.15, -0.1) is 0 Å². The number of pyridine rings is 1. The van der Waals surface area contributed by atoms with E-state index in [1.165, 1.54) is 12.1 Å². The highest BCUT2D eigenvalue weighted by Gasteiger charge is 2.14. The van der Waals surface area contributed by atoms with Crippen LogP contribution in [0.5, 0.6) is 11.5 Å². The quantitative estimate of drug-likeness (QED) is 0.362. The SMILES string of the molecule is Cc1cc(NN=C(C#N)C(=O)NC(=O)O)cc(C)c1Oc1ccc(=O)n(Cc2ccccc2)c1. The van der Waals surface area contributed by atoms with Gasteiger partial charge in [-0.2, -0.15) is 10.4 Å². The molecule has 0 bridgehead atoms. The van der Waals surface area contributed by atoms with Gasteiger partial charge >= 0.3 is 6.09 Å². The lowest BCUT2D eigenvalue weighted by Gasteiger charge is -2.15. The first kappa shape index (κ1) is 23.7. The van der Waals surface area contributed by atoms with Crippen molar-refractivity contribution in [2.45, 2.75) is 20.4 Å². The Balaban J connectivity index is 1.79. The highest BCUT2D eigenvalue weighted by Crippen LogP contribution is 2.31. The largest absolute Gasteiger partial charge is 0.465 e. The third kappa shape index (κ3) is 6.08. The molecule has 2 aromatic carbocycles. The molecule has 0 saturated carbocycles. The van der Waals surface area contributed by atoms with E-state index in [2.05, 4.69) is 10.5 Å². The number of rotatable bonds is 7. The molecule has 0 radical (unpaired) electrons. The summed E-state index contributed by atoms with van der Waals surface area (Å²) in [7, 11) is 0. The van der Waals surface area contributed by atoms with Crippen LogP contribution in [-0.4, -0.2) is 27.4 Å². The minimum Gasteiger partial charge on any atom is -0.465 e. The molecule has 10 heteroatoms. The second-order valence-corrected chi connectivity index (χ2v) is 7.30. The van der Waals surface area contributed by atoms with E-state index in [1.54, 1.807) is 48.1 Å². The van der Waals surface area contributed by atoms with Crippen molar-refractivity contribution < 1.29 is 19.4 Å². The number of carbonyl (C=O) groups is 2. The molecule has 10 nitrogen and oxygen atoms in total. The molecule has 2 amide bonds. The van der Waals surface area contributed by atoms with E-state index in [-0.39, 0.29) is 5.56 Å². The zero-order valence-electron chi connectivity index (χ0n) is 18.4. The summed E-state index contributed by atoms with van der Waals surface area (Å²) in [6.07, 6.45) is 0.0570. The van der Waals surface area contributed by atoms with Gasteiger partial charge in [-0.3, -0.25) is 20.3 Å². The van der Waals surface area contributed by atoms with E-state index in [1.807, 2.05) is 30.3 Å². The number of carbonyl (C=O) groups excluding carboxylic acids is 1. The van der Waals surface area contributed by atoms with Crippen LogP contribution in [0.4, 0.5) is 10.5 Å². The number of nitriles is 1. The second-order valence-electron chi connectivity index (χ2n) is 7.30. The Labute approximate surface area is 194 Å². The van der Waals surface area contributed by atoms with Gasteiger partial charge in [0.05, 0.1) is 18.4 Å². The molecule has 172 valence electrons. The highest BCUT2D eigenvalue weighted by atomic mass is 16.5. The number of carboxylic acid groups (broad SMARTS) is 1. The predicted octanol–water partition coefficient (Wildman–Crippen LogP) is 3.39. The molecule has 3 N–H and O–H groups in total. The number of aryl methyl sites for hydroxylation is 2. The molecule has 0 atom stereocenters. The van der Waals surface area contributed by atoms with Crippen molar-refractivity contribution in [2.24, 2.45) is 5.10 Å². The van der Waals surface area contributed by atoms with Crippen molar-refractivity contribution in [3.8, 4) is 17.6 Å². The Morgan fingerprint density at radius 3 is 2.41 bits per heavy atom. The number of nitrogens with one attached hydrogen (secondary N) is 2. The van der Waals surface area contributed by atoms with Crippen molar-refractivity contribution >= 4 is 23.4 Å². The van der Waals surface area contributed by atoms with Crippen molar-refractivity contribution in [2.75, 3.05) is 5.43 Å². The van der Waals surface area contributed by atoms with Gasteiger partial charge in [-0.05, 0) is 48.7 Å². The number of hydrogen-bond acceptors (Lipinski definition) is 7. The number of hydrogen-bond donors (Lipinski definition) is 3. The lowest BCUT2D eigenvalue weighted by molar-refractivity contribution is -0.114. The van der Waals surface area contributed by atoms with Crippen LogP contribution in [0.15, 0.2) is 70.7 Å². The molecule has 0 aliphatic heterocycles. The number of hydrazone groups is 1. The Kier molecular flexibility index (Phi) is 7.41. The fourth-order valence-corrected chi connectivity index (χ4v) is 3.17. The maximum absolute atomic E-state index is 12.3. The van der Waals surface area contributed by atoms with Crippen LogP contribution in [0.1, 0.15) is 16.7 Å². The average molecular weight is 459 g/mol. The molecule has 3 aromatic rings. The van der Waals surface area contributed by atoms with Gasteiger partial charge in [0.25, 0.3) is 11.5 Å². The summed E-state index contributed by atoms with van der Waals surface area (Å²) < 4.78 is 7.61. The summed E-state index contributed by atoms with van der Waals surface area (Å²) >= 11 is 0. The summed E-state index contributed by atoms with van der Waals surface area (Å²) in [4.78, 5) is 34.5. The Bertz CT molecular complexity index is 1330.